The molecule has 0 saturated heterocycles. The standard InChI is InChI=1S/C9H11O2/c1-7(11-8(2)10)9-5-3-4-6-9/h3-7H,1-2H3. The summed E-state index contributed by atoms with van der Waals surface area (Å²) in [4.78, 5) is 10.5. The first-order chi connectivity index (χ1) is 5.20. The highest BCUT2D eigenvalue weighted by molar-refractivity contribution is 5.66. The molecule has 2 nitrogen and oxygen atoms in total. The molecule has 0 aliphatic heterocycles. The van der Waals surface area contributed by atoms with E-state index in [0.29, 0.717) is 0 Å². The van der Waals surface area contributed by atoms with Gasteiger partial charge in [0.1, 0.15) is 6.10 Å². The van der Waals surface area contributed by atoms with Crippen molar-refractivity contribution >= 4 is 5.97 Å². The molecule has 0 spiro atoms. The average Bonchev–Trinajstić information content (AvgIpc) is 2.35. The largest absolute Gasteiger partial charge is 0.462 e. The van der Waals surface area contributed by atoms with Crippen LogP contribution in [0, 0.1) is 31.6 Å². The number of carbonyl (C=O) groups is 1. The third kappa shape index (κ3) is 2.52. The Kier molecular flexibility index (Phi) is 2.92. The fraction of sp³-hybridized carbons (Fsp3) is 0.333. The molecule has 1 saturated carbocycles. The molecule has 1 aliphatic carbocycles. The van der Waals surface area contributed by atoms with Crippen molar-refractivity contribution in [1.29, 1.82) is 0 Å². The van der Waals surface area contributed by atoms with Gasteiger partial charge in [0, 0.05) is 12.8 Å². The van der Waals surface area contributed by atoms with Crippen molar-refractivity contribution in [2.24, 2.45) is 0 Å². The van der Waals surface area contributed by atoms with Crippen molar-refractivity contribution < 1.29 is 9.53 Å². The lowest BCUT2D eigenvalue weighted by atomic mass is 10.0. The van der Waals surface area contributed by atoms with E-state index in [-0.39, 0.29) is 12.1 Å². The SMILES string of the molecule is CC(=O)OC(C)[C]1[CH][CH][CH][CH]1. The van der Waals surface area contributed by atoms with E-state index in [1.54, 1.807) is 0 Å². The lowest BCUT2D eigenvalue weighted by Gasteiger charge is -2.16. The highest BCUT2D eigenvalue weighted by Crippen LogP contribution is 2.27. The Hall–Kier alpha value is -0.530. The van der Waals surface area contributed by atoms with Crippen molar-refractivity contribution in [3.05, 3.63) is 31.6 Å². The molecule has 0 heterocycles. The molecule has 2 heteroatoms. The Labute approximate surface area is 67.9 Å². The summed E-state index contributed by atoms with van der Waals surface area (Å²) < 4.78 is 4.96. The summed E-state index contributed by atoms with van der Waals surface area (Å²) in [5, 5.41) is 0. The molecule has 5 radical (unpaired) electrons. The van der Waals surface area contributed by atoms with Crippen molar-refractivity contribution in [3.8, 4) is 0 Å². The summed E-state index contributed by atoms with van der Waals surface area (Å²) in [5.74, 6) is 0.805. The molecule has 1 aliphatic rings. The average molecular weight is 151 g/mol. The summed E-state index contributed by atoms with van der Waals surface area (Å²) >= 11 is 0. The molecular formula is C9H11O2. The van der Waals surface area contributed by atoms with Crippen LogP contribution < -0.4 is 0 Å². The second-order valence-corrected chi connectivity index (χ2v) is 2.47. The van der Waals surface area contributed by atoms with Crippen molar-refractivity contribution in [3.63, 3.8) is 0 Å². The zero-order valence-corrected chi connectivity index (χ0v) is 6.70. The van der Waals surface area contributed by atoms with Gasteiger partial charge >= 0.3 is 5.97 Å². The van der Waals surface area contributed by atoms with E-state index < -0.39 is 0 Å². The molecule has 1 unspecified atom stereocenters. The smallest absolute Gasteiger partial charge is 0.302 e. The molecule has 0 aromatic heterocycles. The molecule has 0 amide bonds. The van der Waals surface area contributed by atoms with Crippen LogP contribution in [0.3, 0.4) is 0 Å². The van der Waals surface area contributed by atoms with Crippen LogP contribution >= 0.6 is 0 Å². The third-order valence-corrected chi connectivity index (χ3v) is 1.50. The zero-order chi connectivity index (χ0) is 8.27. The maximum Gasteiger partial charge on any atom is 0.302 e. The monoisotopic (exact) mass is 151 g/mol. The Bertz CT molecular complexity index is 136. The van der Waals surface area contributed by atoms with Gasteiger partial charge in [-0.3, -0.25) is 4.79 Å². The van der Waals surface area contributed by atoms with Crippen molar-refractivity contribution in [2.75, 3.05) is 0 Å². The molecule has 0 aromatic carbocycles. The summed E-state index contributed by atoms with van der Waals surface area (Å²) in [5.41, 5.74) is 0. The van der Waals surface area contributed by atoms with Crippen LogP contribution in [-0.4, -0.2) is 12.1 Å². The van der Waals surface area contributed by atoms with Crippen LogP contribution in [-0.2, 0) is 9.53 Å². The van der Waals surface area contributed by atoms with E-state index in [1.807, 2.05) is 32.6 Å². The Morgan fingerprint density at radius 2 is 2.00 bits per heavy atom. The minimum Gasteiger partial charge on any atom is -0.462 e. The van der Waals surface area contributed by atoms with Crippen LogP contribution in [0.2, 0.25) is 0 Å². The molecule has 1 atom stereocenters. The first kappa shape index (κ1) is 8.57. The highest BCUT2D eigenvalue weighted by Gasteiger charge is 2.24. The number of rotatable bonds is 2. The maximum absolute atomic E-state index is 10.5. The Balaban J connectivity index is 2.28. The summed E-state index contributed by atoms with van der Waals surface area (Å²) in [6.45, 7) is 3.27. The predicted octanol–water partition coefficient (Wildman–Crippen LogP) is 1.34. The number of esters is 1. The lowest BCUT2D eigenvalue weighted by molar-refractivity contribution is -0.144. The van der Waals surface area contributed by atoms with Gasteiger partial charge in [-0.05, 0) is 32.6 Å². The number of carbonyl (C=O) groups excluding carboxylic acids is 1. The highest BCUT2D eigenvalue weighted by atomic mass is 16.5. The lowest BCUT2D eigenvalue weighted by Crippen LogP contribution is -2.19. The van der Waals surface area contributed by atoms with Gasteiger partial charge in [0.25, 0.3) is 0 Å². The maximum atomic E-state index is 10.5. The minimum atomic E-state index is -0.237. The van der Waals surface area contributed by atoms with E-state index in [9.17, 15) is 4.79 Å². The quantitative estimate of drug-likeness (QED) is 0.557. The molecule has 0 aromatic rings. The summed E-state index contributed by atoms with van der Waals surface area (Å²) in [6, 6.07) is 0. The van der Waals surface area contributed by atoms with Crippen LogP contribution in [0.25, 0.3) is 0 Å². The molecule has 0 bridgehead atoms. The van der Waals surface area contributed by atoms with Crippen LogP contribution in [0.4, 0.5) is 0 Å². The number of hydrogen-bond donors (Lipinski definition) is 0. The van der Waals surface area contributed by atoms with Crippen LogP contribution in [0.15, 0.2) is 0 Å². The molecule has 59 valence electrons. The second kappa shape index (κ2) is 3.74. The molecule has 11 heavy (non-hydrogen) atoms. The first-order valence-corrected chi connectivity index (χ1v) is 3.59. The van der Waals surface area contributed by atoms with E-state index >= 15 is 0 Å². The van der Waals surface area contributed by atoms with Crippen molar-refractivity contribution in [1.82, 2.24) is 0 Å². The van der Waals surface area contributed by atoms with E-state index in [0.717, 1.165) is 5.92 Å². The fourth-order valence-electron chi connectivity index (χ4n) is 0.977. The number of ether oxygens (including phenoxy) is 1. The predicted molar refractivity (Wildman–Crippen MR) is 41.7 cm³/mol. The third-order valence-electron chi connectivity index (χ3n) is 1.50. The van der Waals surface area contributed by atoms with E-state index in [1.165, 1.54) is 6.92 Å². The van der Waals surface area contributed by atoms with E-state index in [4.69, 9.17) is 4.74 Å². The van der Waals surface area contributed by atoms with Gasteiger partial charge in [0.05, 0.1) is 0 Å². The Morgan fingerprint density at radius 1 is 1.45 bits per heavy atom. The van der Waals surface area contributed by atoms with Crippen LogP contribution in [0.5, 0.6) is 0 Å². The topological polar surface area (TPSA) is 26.3 Å². The van der Waals surface area contributed by atoms with Gasteiger partial charge < -0.3 is 4.74 Å². The van der Waals surface area contributed by atoms with Gasteiger partial charge in [-0.1, -0.05) is 0 Å². The van der Waals surface area contributed by atoms with Gasteiger partial charge in [-0.25, -0.2) is 0 Å². The number of hydrogen-bond acceptors (Lipinski definition) is 2. The summed E-state index contributed by atoms with van der Waals surface area (Å²) in [7, 11) is 0. The molecule has 0 N–H and O–H groups in total. The second-order valence-electron chi connectivity index (χ2n) is 2.47. The Morgan fingerprint density at radius 3 is 2.45 bits per heavy atom. The normalized spacial score (nSPS) is 21.6. The van der Waals surface area contributed by atoms with Crippen LogP contribution in [0.1, 0.15) is 13.8 Å². The minimum absolute atomic E-state index is 0.123. The van der Waals surface area contributed by atoms with Gasteiger partial charge in [0.15, 0.2) is 0 Å². The molecule has 1 fully saturated rings. The molecular weight excluding hydrogens is 140 g/mol. The van der Waals surface area contributed by atoms with Crippen molar-refractivity contribution in [2.45, 2.75) is 20.0 Å². The summed E-state index contributed by atoms with van der Waals surface area (Å²) in [6.07, 6.45) is 7.61. The zero-order valence-electron chi connectivity index (χ0n) is 6.70. The fourth-order valence-corrected chi connectivity index (χ4v) is 0.977. The van der Waals surface area contributed by atoms with Gasteiger partial charge in [0.2, 0.25) is 0 Å². The van der Waals surface area contributed by atoms with E-state index in [2.05, 4.69) is 0 Å². The van der Waals surface area contributed by atoms with Gasteiger partial charge in [-0.2, -0.15) is 0 Å². The van der Waals surface area contributed by atoms with Gasteiger partial charge in [-0.15, -0.1) is 0 Å². The first-order valence-electron chi connectivity index (χ1n) is 3.59. The molecule has 1 rings (SSSR count).